The van der Waals surface area contributed by atoms with Gasteiger partial charge < -0.3 is 9.64 Å². The number of ketones is 1. The van der Waals surface area contributed by atoms with E-state index in [9.17, 15) is 18.9 Å². The maximum atomic E-state index is 12.2. The van der Waals surface area contributed by atoms with E-state index in [1.165, 1.54) is 6.08 Å². The fourth-order valence-electron chi connectivity index (χ4n) is 2.88. The van der Waals surface area contributed by atoms with Gasteiger partial charge in [0.1, 0.15) is 13.2 Å². The molecule has 0 radical (unpaired) electrons. The fourth-order valence-corrected chi connectivity index (χ4v) is 3.09. The number of piperidine rings is 1. The minimum atomic E-state index is -1.13. The smallest absolute Gasteiger partial charge is 0.357 e. The number of rotatable bonds is 8. The van der Waals surface area contributed by atoms with Crippen molar-refractivity contribution in [1.82, 2.24) is 4.90 Å². The molecule has 0 N–H and O–H groups in total. The maximum Gasteiger partial charge on any atom is 0.374 e. The highest BCUT2D eigenvalue weighted by Crippen LogP contribution is 2.19. The van der Waals surface area contributed by atoms with Gasteiger partial charge in [-0.2, -0.15) is 0 Å². The van der Waals surface area contributed by atoms with E-state index in [-0.39, 0.29) is 37.3 Å². The number of ether oxygens (including phenoxy) is 1. The van der Waals surface area contributed by atoms with Gasteiger partial charge in [-0.15, -0.1) is 0 Å². The zero-order chi connectivity index (χ0) is 21.1. The number of hydrogen-bond acceptors (Lipinski definition) is 5. The molecule has 1 aliphatic heterocycles. The Labute approximate surface area is 173 Å². The molecule has 8 heteroatoms. The van der Waals surface area contributed by atoms with E-state index in [0.717, 1.165) is 18.4 Å². The highest BCUT2D eigenvalue weighted by atomic mass is 35.5. The van der Waals surface area contributed by atoms with Crippen LogP contribution in [0.1, 0.15) is 24.8 Å². The van der Waals surface area contributed by atoms with Crippen LogP contribution in [0.15, 0.2) is 36.4 Å². The number of halogens is 2. The van der Waals surface area contributed by atoms with E-state index < -0.39 is 12.6 Å². The summed E-state index contributed by atoms with van der Waals surface area (Å²) in [5.74, 6) is 4.20. The lowest BCUT2D eigenvalue weighted by Crippen LogP contribution is -2.42. The average molecular weight is 422 g/mol. The Hall–Kier alpha value is -2.69. The number of likely N-dealkylation sites (tertiary alicyclic amines) is 1. The van der Waals surface area contributed by atoms with Crippen molar-refractivity contribution < 1.29 is 28.6 Å². The lowest BCUT2D eigenvalue weighted by molar-refractivity contribution is -0.188. The lowest BCUT2D eigenvalue weighted by Gasteiger charge is -2.32. The first kappa shape index (κ1) is 22.6. The van der Waals surface area contributed by atoms with Crippen molar-refractivity contribution in [3.63, 3.8) is 0 Å². The molecule has 0 aromatic heterocycles. The first-order chi connectivity index (χ1) is 14.0. The monoisotopic (exact) mass is 421 g/mol. The van der Waals surface area contributed by atoms with Gasteiger partial charge in [-0.05, 0) is 36.6 Å². The summed E-state index contributed by atoms with van der Waals surface area (Å²) in [6.07, 6.45) is 5.38. The summed E-state index contributed by atoms with van der Waals surface area (Å²) in [7, 11) is 0. The molecule has 0 bridgehead atoms. The van der Waals surface area contributed by atoms with Gasteiger partial charge in [-0.1, -0.05) is 41.7 Å². The van der Waals surface area contributed by atoms with Gasteiger partial charge in [0.05, 0.1) is 12.6 Å². The van der Waals surface area contributed by atoms with Gasteiger partial charge in [0.25, 0.3) is 0 Å². The highest BCUT2D eigenvalue weighted by Gasteiger charge is 2.25. The predicted octanol–water partition coefficient (Wildman–Crippen LogP) is 2.84. The second-order valence-electron chi connectivity index (χ2n) is 6.41. The van der Waals surface area contributed by atoms with Crippen LogP contribution in [0.3, 0.4) is 0 Å². The third kappa shape index (κ3) is 8.06. The van der Waals surface area contributed by atoms with Crippen LogP contribution in [-0.4, -0.2) is 48.4 Å². The summed E-state index contributed by atoms with van der Waals surface area (Å²) < 4.78 is 16.3. The van der Waals surface area contributed by atoms with Crippen molar-refractivity contribution in [2.75, 3.05) is 19.8 Å². The summed E-state index contributed by atoms with van der Waals surface area (Å²) in [5, 5.41) is 0.576. The molecule has 0 aliphatic carbocycles. The van der Waals surface area contributed by atoms with Crippen LogP contribution in [0.5, 0.6) is 0 Å². The number of carbonyl (C=O) groups is 3. The minimum absolute atomic E-state index is 0.0376. The molecule has 1 fully saturated rings. The lowest BCUT2D eigenvalue weighted by atomic mass is 10.00. The van der Waals surface area contributed by atoms with Crippen molar-refractivity contribution in [3.8, 4) is 11.8 Å². The molecule has 1 amide bonds. The zero-order valence-electron chi connectivity index (χ0n) is 15.7. The van der Waals surface area contributed by atoms with Gasteiger partial charge in [-0.3, -0.25) is 14.5 Å². The van der Waals surface area contributed by atoms with E-state index in [1.807, 2.05) is 6.07 Å². The van der Waals surface area contributed by atoms with Gasteiger partial charge >= 0.3 is 5.97 Å². The molecule has 6 nitrogen and oxygen atoms in total. The Morgan fingerprint density at radius 1 is 1.34 bits per heavy atom. The molecule has 0 spiro atoms. The molecule has 0 saturated carbocycles. The molecule has 1 aliphatic rings. The van der Waals surface area contributed by atoms with Crippen LogP contribution in [0.4, 0.5) is 4.53 Å². The molecular weight excluding hydrogens is 401 g/mol. The summed E-state index contributed by atoms with van der Waals surface area (Å²) in [4.78, 5) is 39.6. The standard InChI is InChI=1S/C21H21ClFNO5/c22-17-6-3-5-16(13-17)14-19(25)10-9-18-7-4-8-20(26)24(18)11-1-2-12-28-15-21(27)29-23/h3,5-6,9-10,13,18H,4,7-8,11-12,14-15H2/b10-9+/t18-/m1/s1. The zero-order valence-corrected chi connectivity index (χ0v) is 16.5. The van der Waals surface area contributed by atoms with E-state index in [0.29, 0.717) is 11.4 Å². The van der Waals surface area contributed by atoms with Crippen molar-refractivity contribution in [3.05, 3.63) is 47.0 Å². The number of amides is 1. The number of allylic oxidation sites excluding steroid dienone is 1. The predicted molar refractivity (Wildman–Crippen MR) is 104 cm³/mol. The van der Waals surface area contributed by atoms with E-state index >= 15 is 0 Å². The number of hydrogen-bond donors (Lipinski definition) is 0. The normalized spacial score (nSPS) is 16.4. The van der Waals surface area contributed by atoms with Crippen LogP contribution in [0.2, 0.25) is 5.02 Å². The molecule has 1 atom stereocenters. The second-order valence-corrected chi connectivity index (χ2v) is 6.85. The van der Waals surface area contributed by atoms with Gasteiger partial charge in [0, 0.05) is 22.4 Å². The Morgan fingerprint density at radius 3 is 2.93 bits per heavy atom. The van der Waals surface area contributed by atoms with Crippen molar-refractivity contribution in [2.24, 2.45) is 0 Å². The maximum absolute atomic E-state index is 12.2. The van der Waals surface area contributed by atoms with Crippen LogP contribution in [-0.2, 0) is 30.5 Å². The highest BCUT2D eigenvalue weighted by molar-refractivity contribution is 6.30. The molecule has 1 heterocycles. The van der Waals surface area contributed by atoms with Crippen molar-refractivity contribution in [1.29, 1.82) is 0 Å². The minimum Gasteiger partial charge on any atom is -0.357 e. The summed E-state index contributed by atoms with van der Waals surface area (Å²) >= 11 is 5.93. The van der Waals surface area contributed by atoms with Crippen molar-refractivity contribution in [2.45, 2.75) is 31.7 Å². The number of nitrogens with zero attached hydrogens (tertiary/aromatic N) is 1. The Morgan fingerprint density at radius 2 is 2.17 bits per heavy atom. The molecule has 1 aromatic carbocycles. The summed E-state index contributed by atoms with van der Waals surface area (Å²) in [6.45, 7) is -0.447. The third-order valence-corrected chi connectivity index (χ3v) is 4.47. The molecular formula is C21H21ClFNO5. The quantitative estimate of drug-likeness (QED) is 0.366. The molecule has 2 rings (SSSR count). The second kappa shape index (κ2) is 12.0. The molecule has 1 aromatic rings. The number of benzene rings is 1. The fraction of sp³-hybridized carbons (Fsp3) is 0.381. The molecule has 1 saturated heterocycles. The average Bonchev–Trinajstić information content (AvgIpc) is 2.70. The van der Waals surface area contributed by atoms with Crippen LogP contribution in [0.25, 0.3) is 0 Å². The van der Waals surface area contributed by atoms with Crippen LogP contribution < -0.4 is 0 Å². The van der Waals surface area contributed by atoms with Gasteiger partial charge in [0.15, 0.2) is 5.78 Å². The first-order valence-electron chi connectivity index (χ1n) is 9.09. The first-order valence-corrected chi connectivity index (χ1v) is 9.47. The molecule has 154 valence electrons. The number of carbonyl (C=O) groups excluding carboxylic acids is 3. The van der Waals surface area contributed by atoms with E-state index in [2.05, 4.69) is 16.8 Å². The van der Waals surface area contributed by atoms with Gasteiger partial charge in [-0.25, -0.2) is 4.79 Å². The topological polar surface area (TPSA) is 72.9 Å². The van der Waals surface area contributed by atoms with Crippen LogP contribution in [0, 0.1) is 11.8 Å². The Bertz CT molecular complexity index is 830. The summed E-state index contributed by atoms with van der Waals surface area (Å²) in [5.41, 5.74) is 0.825. The Balaban J connectivity index is 1.88. The van der Waals surface area contributed by atoms with Gasteiger partial charge in [0.2, 0.25) is 5.91 Å². The summed E-state index contributed by atoms with van der Waals surface area (Å²) in [6, 6.07) is 6.90. The molecule has 0 unspecified atom stereocenters. The third-order valence-electron chi connectivity index (χ3n) is 4.24. The van der Waals surface area contributed by atoms with Crippen LogP contribution >= 0.6 is 11.6 Å². The van der Waals surface area contributed by atoms with Crippen molar-refractivity contribution >= 4 is 29.3 Å². The SMILES string of the molecule is O=C(/C=C/[C@H]1CCCC(=O)N1CC#CCOCC(=O)OF)Cc1cccc(Cl)c1. The molecule has 29 heavy (non-hydrogen) atoms. The van der Waals surface area contributed by atoms with E-state index in [4.69, 9.17) is 16.3 Å². The van der Waals surface area contributed by atoms with E-state index in [1.54, 1.807) is 29.2 Å². The Kier molecular flexibility index (Phi) is 9.35. The largest absolute Gasteiger partial charge is 0.374 e.